The third-order valence-corrected chi connectivity index (χ3v) is 4.21. The minimum Gasteiger partial charge on any atom is -0.506 e. The molecule has 1 aliphatic heterocycles. The normalized spacial score (nSPS) is 16.7. The Morgan fingerprint density at radius 2 is 1.71 bits per heavy atom. The van der Waals surface area contributed by atoms with Gasteiger partial charge in [-0.05, 0) is 19.1 Å². The SMILES string of the molecule is CC(NC(=O)C(C)(C)C)C(=O)N1CCN(c2ccccc2O)CC1. The van der Waals surface area contributed by atoms with Crippen molar-refractivity contribution in [3.05, 3.63) is 24.3 Å². The Labute approximate surface area is 143 Å². The summed E-state index contributed by atoms with van der Waals surface area (Å²) in [7, 11) is 0. The molecule has 1 aromatic rings. The Morgan fingerprint density at radius 1 is 1.12 bits per heavy atom. The first-order valence-corrected chi connectivity index (χ1v) is 8.33. The number of rotatable bonds is 3. The molecule has 0 aromatic heterocycles. The van der Waals surface area contributed by atoms with E-state index in [-0.39, 0.29) is 17.6 Å². The topological polar surface area (TPSA) is 72.9 Å². The van der Waals surface area contributed by atoms with Crippen LogP contribution in [0.3, 0.4) is 0 Å². The van der Waals surface area contributed by atoms with E-state index >= 15 is 0 Å². The second kappa shape index (κ2) is 7.11. The molecule has 1 aromatic carbocycles. The first-order valence-electron chi connectivity index (χ1n) is 8.33. The van der Waals surface area contributed by atoms with E-state index in [0.29, 0.717) is 26.2 Å². The highest BCUT2D eigenvalue weighted by atomic mass is 16.3. The third kappa shape index (κ3) is 4.19. The van der Waals surface area contributed by atoms with Crippen LogP contribution < -0.4 is 10.2 Å². The largest absolute Gasteiger partial charge is 0.506 e. The number of para-hydroxylation sites is 2. The van der Waals surface area contributed by atoms with E-state index in [1.165, 1.54) is 0 Å². The van der Waals surface area contributed by atoms with Gasteiger partial charge in [0.05, 0.1) is 5.69 Å². The standard InChI is InChI=1S/C18H27N3O3/c1-13(19-17(24)18(2,3)4)16(23)21-11-9-20(10-12-21)14-7-5-6-8-15(14)22/h5-8,13,22H,9-12H2,1-4H3,(H,19,24). The molecule has 1 saturated heterocycles. The third-order valence-electron chi connectivity index (χ3n) is 4.21. The molecule has 1 heterocycles. The van der Waals surface area contributed by atoms with Gasteiger partial charge in [-0.2, -0.15) is 0 Å². The maximum absolute atomic E-state index is 12.5. The van der Waals surface area contributed by atoms with Gasteiger partial charge in [0.15, 0.2) is 0 Å². The fraction of sp³-hybridized carbons (Fsp3) is 0.556. The van der Waals surface area contributed by atoms with Crippen molar-refractivity contribution in [1.29, 1.82) is 0 Å². The van der Waals surface area contributed by atoms with Crippen LogP contribution in [-0.2, 0) is 9.59 Å². The summed E-state index contributed by atoms with van der Waals surface area (Å²) in [6.07, 6.45) is 0. The number of aromatic hydroxyl groups is 1. The van der Waals surface area contributed by atoms with Gasteiger partial charge in [0.2, 0.25) is 11.8 Å². The van der Waals surface area contributed by atoms with Gasteiger partial charge in [-0.1, -0.05) is 32.9 Å². The Hall–Kier alpha value is -2.24. The monoisotopic (exact) mass is 333 g/mol. The van der Waals surface area contributed by atoms with Crippen LogP contribution in [0.15, 0.2) is 24.3 Å². The molecule has 2 rings (SSSR count). The van der Waals surface area contributed by atoms with Crippen LogP contribution in [0.1, 0.15) is 27.7 Å². The Bertz CT molecular complexity index is 602. The maximum atomic E-state index is 12.5. The van der Waals surface area contributed by atoms with Crippen LogP contribution in [-0.4, -0.2) is 54.0 Å². The van der Waals surface area contributed by atoms with E-state index in [9.17, 15) is 14.7 Å². The zero-order valence-corrected chi connectivity index (χ0v) is 14.9. The summed E-state index contributed by atoms with van der Waals surface area (Å²) in [6, 6.07) is 6.68. The molecule has 0 spiro atoms. The van der Waals surface area contributed by atoms with Crippen LogP contribution in [0.5, 0.6) is 5.75 Å². The molecule has 1 unspecified atom stereocenters. The Morgan fingerprint density at radius 3 is 2.25 bits per heavy atom. The summed E-state index contributed by atoms with van der Waals surface area (Å²) in [5.74, 6) is 0.0591. The lowest BCUT2D eigenvalue weighted by molar-refractivity contribution is -0.138. The van der Waals surface area contributed by atoms with Crippen molar-refractivity contribution in [2.24, 2.45) is 5.41 Å². The molecule has 24 heavy (non-hydrogen) atoms. The fourth-order valence-corrected chi connectivity index (χ4v) is 2.65. The van der Waals surface area contributed by atoms with Crippen LogP contribution >= 0.6 is 0 Å². The van der Waals surface area contributed by atoms with Crippen molar-refractivity contribution in [2.75, 3.05) is 31.1 Å². The molecule has 6 heteroatoms. The Balaban J connectivity index is 1.91. The number of phenols is 1. The van der Waals surface area contributed by atoms with Crippen molar-refractivity contribution in [1.82, 2.24) is 10.2 Å². The average molecular weight is 333 g/mol. The lowest BCUT2D eigenvalue weighted by Crippen LogP contribution is -2.55. The molecule has 1 atom stereocenters. The quantitative estimate of drug-likeness (QED) is 0.881. The second-order valence-corrected chi connectivity index (χ2v) is 7.25. The molecule has 0 radical (unpaired) electrons. The minimum atomic E-state index is -0.534. The van der Waals surface area contributed by atoms with Crippen molar-refractivity contribution >= 4 is 17.5 Å². The first kappa shape index (κ1) is 18.1. The van der Waals surface area contributed by atoms with Crippen molar-refractivity contribution in [3.63, 3.8) is 0 Å². The second-order valence-electron chi connectivity index (χ2n) is 7.25. The van der Waals surface area contributed by atoms with Gasteiger partial charge in [-0.25, -0.2) is 0 Å². The number of hydrogen-bond acceptors (Lipinski definition) is 4. The number of benzene rings is 1. The number of carbonyl (C=O) groups excluding carboxylic acids is 2. The molecule has 0 bridgehead atoms. The summed E-state index contributed by atoms with van der Waals surface area (Å²) < 4.78 is 0. The van der Waals surface area contributed by atoms with Gasteiger partial charge in [-0.3, -0.25) is 9.59 Å². The van der Waals surface area contributed by atoms with Crippen LogP contribution in [0, 0.1) is 5.41 Å². The van der Waals surface area contributed by atoms with Crippen molar-refractivity contribution in [2.45, 2.75) is 33.7 Å². The molecule has 1 aliphatic rings. The van der Waals surface area contributed by atoms with Gasteiger partial charge in [0, 0.05) is 31.6 Å². The molecule has 132 valence electrons. The van der Waals surface area contributed by atoms with Gasteiger partial charge < -0.3 is 20.2 Å². The number of piperazine rings is 1. The van der Waals surface area contributed by atoms with Gasteiger partial charge in [-0.15, -0.1) is 0 Å². The van der Waals surface area contributed by atoms with Gasteiger partial charge >= 0.3 is 0 Å². The highest BCUT2D eigenvalue weighted by molar-refractivity contribution is 5.89. The maximum Gasteiger partial charge on any atom is 0.244 e. The van der Waals surface area contributed by atoms with E-state index in [1.807, 2.05) is 32.9 Å². The number of phenolic OH excluding ortho intramolecular Hbond substituents is 1. The van der Waals surface area contributed by atoms with E-state index in [4.69, 9.17) is 0 Å². The molecule has 0 aliphatic carbocycles. The smallest absolute Gasteiger partial charge is 0.244 e. The number of amides is 2. The first-order chi connectivity index (χ1) is 11.2. The summed E-state index contributed by atoms with van der Waals surface area (Å²) in [4.78, 5) is 28.4. The molecule has 6 nitrogen and oxygen atoms in total. The molecule has 0 saturated carbocycles. The number of hydrogen-bond donors (Lipinski definition) is 2. The average Bonchev–Trinajstić information content (AvgIpc) is 2.54. The lowest BCUT2D eigenvalue weighted by atomic mass is 9.95. The highest BCUT2D eigenvalue weighted by Gasteiger charge is 2.29. The van der Waals surface area contributed by atoms with Crippen LogP contribution in [0.25, 0.3) is 0 Å². The number of nitrogens with one attached hydrogen (secondary N) is 1. The summed E-state index contributed by atoms with van der Waals surface area (Å²) in [6.45, 7) is 9.65. The van der Waals surface area contributed by atoms with Gasteiger partial charge in [0.25, 0.3) is 0 Å². The summed E-state index contributed by atoms with van der Waals surface area (Å²) >= 11 is 0. The predicted octanol–water partition coefficient (Wildman–Crippen LogP) is 1.59. The Kier molecular flexibility index (Phi) is 5.36. The van der Waals surface area contributed by atoms with E-state index in [0.717, 1.165) is 5.69 Å². The molecule has 1 fully saturated rings. The zero-order chi connectivity index (χ0) is 17.9. The summed E-state index contributed by atoms with van der Waals surface area (Å²) in [5, 5.41) is 12.7. The summed E-state index contributed by atoms with van der Waals surface area (Å²) in [5.41, 5.74) is 0.275. The van der Waals surface area contributed by atoms with E-state index in [2.05, 4.69) is 10.2 Å². The number of carbonyl (C=O) groups is 2. The predicted molar refractivity (Wildman–Crippen MR) is 94.0 cm³/mol. The van der Waals surface area contributed by atoms with E-state index < -0.39 is 11.5 Å². The zero-order valence-electron chi connectivity index (χ0n) is 14.9. The fourth-order valence-electron chi connectivity index (χ4n) is 2.65. The highest BCUT2D eigenvalue weighted by Crippen LogP contribution is 2.27. The van der Waals surface area contributed by atoms with Crippen molar-refractivity contribution < 1.29 is 14.7 Å². The molecule has 2 amide bonds. The van der Waals surface area contributed by atoms with Gasteiger partial charge in [0.1, 0.15) is 11.8 Å². The number of anilines is 1. The minimum absolute atomic E-state index is 0.0652. The lowest BCUT2D eigenvalue weighted by Gasteiger charge is -2.37. The molecule has 2 N–H and O–H groups in total. The number of nitrogens with zero attached hydrogens (tertiary/aromatic N) is 2. The van der Waals surface area contributed by atoms with Crippen LogP contribution in [0.2, 0.25) is 0 Å². The molecular formula is C18H27N3O3. The molecular weight excluding hydrogens is 306 g/mol. The van der Waals surface area contributed by atoms with Crippen LogP contribution in [0.4, 0.5) is 5.69 Å². The van der Waals surface area contributed by atoms with Crippen molar-refractivity contribution in [3.8, 4) is 5.75 Å². The van der Waals surface area contributed by atoms with E-state index in [1.54, 1.807) is 24.0 Å².